The molecule has 0 aliphatic carbocycles. The number of benzene rings is 2. The van der Waals surface area contributed by atoms with E-state index in [0.29, 0.717) is 10.8 Å². The van der Waals surface area contributed by atoms with Crippen LogP contribution in [0.1, 0.15) is 0 Å². The normalized spacial score (nSPS) is 13.5. The summed E-state index contributed by atoms with van der Waals surface area (Å²) in [6, 6.07) is 7.50. The van der Waals surface area contributed by atoms with Gasteiger partial charge in [0.15, 0.2) is 0 Å². The molecule has 0 fully saturated rings. The summed E-state index contributed by atoms with van der Waals surface area (Å²) in [5.74, 6) is -3.00. The average molecular weight is 402 g/mol. The fourth-order valence-electron chi connectivity index (χ4n) is 2.51. The van der Waals surface area contributed by atoms with Crippen LogP contribution in [-0.4, -0.2) is 58.4 Å². The molecule has 142 valence electrons. The highest BCUT2D eigenvalue weighted by Crippen LogP contribution is 2.30. The van der Waals surface area contributed by atoms with Gasteiger partial charge in [-0.3, -0.25) is 9.35 Å². The summed E-state index contributed by atoms with van der Waals surface area (Å²) in [6.07, 6.45) is 0. The maximum atomic E-state index is 12.7. The van der Waals surface area contributed by atoms with Gasteiger partial charge in [-0.2, -0.15) is 13.1 Å². The van der Waals surface area contributed by atoms with Gasteiger partial charge in [-0.05, 0) is 12.1 Å². The number of hydrogen-bond donors (Lipinski definition) is 3. The molecule has 0 radical (unpaired) electrons. The summed E-state index contributed by atoms with van der Waals surface area (Å²) in [6.45, 7) is 0. The first-order valence-corrected chi connectivity index (χ1v) is 10.4. The first-order valence-electron chi connectivity index (χ1n) is 7.32. The van der Waals surface area contributed by atoms with E-state index in [0.717, 1.165) is 5.69 Å². The molecule has 2 aromatic carbocycles. The SMILES string of the molecule is CN(C)c1cccc2c(S(=O)(=O)NC(CS(=O)(=O)O)C(=O)O)cccc12. The lowest BCUT2D eigenvalue weighted by Crippen LogP contribution is -2.45. The molecule has 0 heterocycles. The molecule has 0 aliphatic rings. The van der Waals surface area contributed by atoms with Crippen molar-refractivity contribution in [3.05, 3.63) is 36.4 Å². The lowest BCUT2D eigenvalue weighted by atomic mass is 10.1. The summed E-state index contributed by atoms with van der Waals surface area (Å²) in [5.41, 5.74) is 0.757. The molecule has 26 heavy (non-hydrogen) atoms. The van der Waals surface area contributed by atoms with E-state index < -0.39 is 37.9 Å². The van der Waals surface area contributed by atoms with Crippen LogP contribution in [0.2, 0.25) is 0 Å². The summed E-state index contributed by atoms with van der Waals surface area (Å²) in [5, 5.41) is 10.0. The van der Waals surface area contributed by atoms with E-state index >= 15 is 0 Å². The summed E-state index contributed by atoms with van der Waals surface area (Å²) >= 11 is 0. The van der Waals surface area contributed by atoms with Gasteiger partial charge in [-0.15, -0.1) is 0 Å². The van der Waals surface area contributed by atoms with E-state index in [9.17, 15) is 21.6 Å². The van der Waals surface area contributed by atoms with Crippen LogP contribution in [0.3, 0.4) is 0 Å². The highest BCUT2D eigenvalue weighted by Gasteiger charge is 2.30. The fourth-order valence-corrected chi connectivity index (χ4v) is 4.67. The average Bonchev–Trinajstić information content (AvgIpc) is 2.51. The summed E-state index contributed by atoms with van der Waals surface area (Å²) < 4.78 is 57.9. The number of carboxylic acid groups (broad SMARTS) is 1. The molecule has 0 aliphatic heterocycles. The molecule has 9 nitrogen and oxygen atoms in total. The second kappa shape index (κ2) is 7.19. The van der Waals surface area contributed by atoms with E-state index in [4.69, 9.17) is 9.66 Å². The fraction of sp³-hybridized carbons (Fsp3) is 0.267. The molecule has 0 saturated carbocycles. The highest BCUT2D eigenvalue weighted by atomic mass is 32.2. The molecule has 2 aromatic rings. The Morgan fingerprint density at radius 2 is 1.65 bits per heavy atom. The second-order valence-electron chi connectivity index (χ2n) is 5.78. The lowest BCUT2D eigenvalue weighted by Gasteiger charge is -2.18. The van der Waals surface area contributed by atoms with Crippen LogP contribution in [0.15, 0.2) is 41.3 Å². The van der Waals surface area contributed by atoms with Crippen molar-refractivity contribution in [2.75, 3.05) is 24.7 Å². The van der Waals surface area contributed by atoms with Crippen LogP contribution in [0.5, 0.6) is 0 Å². The number of sulfonamides is 1. The number of nitrogens with zero attached hydrogens (tertiary/aromatic N) is 1. The van der Waals surface area contributed by atoms with Gasteiger partial charge in [0.1, 0.15) is 11.8 Å². The summed E-state index contributed by atoms with van der Waals surface area (Å²) in [7, 11) is -5.48. The zero-order valence-corrected chi connectivity index (χ0v) is 15.6. The third-order valence-electron chi connectivity index (χ3n) is 3.60. The summed E-state index contributed by atoms with van der Waals surface area (Å²) in [4.78, 5) is 12.8. The number of fused-ring (bicyclic) bond motifs is 1. The zero-order valence-electron chi connectivity index (χ0n) is 13.9. The molecular formula is C15H18N2O7S2. The van der Waals surface area contributed by atoms with Crippen LogP contribution in [0.4, 0.5) is 5.69 Å². The van der Waals surface area contributed by atoms with Crippen LogP contribution < -0.4 is 9.62 Å². The van der Waals surface area contributed by atoms with Crippen molar-refractivity contribution in [3.8, 4) is 0 Å². The smallest absolute Gasteiger partial charge is 0.322 e. The molecular weight excluding hydrogens is 384 g/mol. The predicted molar refractivity (Wildman–Crippen MR) is 96.4 cm³/mol. The number of carboxylic acids is 1. The Labute approximate surface area is 151 Å². The number of rotatable bonds is 7. The van der Waals surface area contributed by atoms with Crippen molar-refractivity contribution in [1.29, 1.82) is 0 Å². The molecule has 0 saturated heterocycles. The van der Waals surface area contributed by atoms with E-state index in [1.807, 2.05) is 4.72 Å². The Hall–Kier alpha value is -2.21. The maximum Gasteiger partial charge on any atom is 0.322 e. The molecule has 1 atom stereocenters. The number of anilines is 1. The van der Waals surface area contributed by atoms with Crippen LogP contribution in [-0.2, 0) is 24.9 Å². The minimum Gasteiger partial charge on any atom is -0.480 e. The Morgan fingerprint density at radius 1 is 1.08 bits per heavy atom. The van der Waals surface area contributed by atoms with Crippen LogP contribution in [0, 0.1) is 0 Å². The van der Waals surface area contributed by atoms with Gasteiger partial charge in [0.25, 0.3) is 10.1 Å². The van der Waals surface area contributed by atoms with E-state index in [-0.39, 0.29) is 4.90 Å². The van der Waals surface area contributed by atoms with Crippen molar-refractivity contribution < 1.29 is 31.3 Å². The number of hydrogen-bond acceptors (Lipinski definition) is 6. The highest BCUT2D eigenvalue weighted by molar-refractivity contribution is 7.90. The Bertz CT molecular complexity index is 1050. The molecule has 0 bridgehead atoms. The maximum absolute atomic E-state index is 12.7. The largest absolute Gasteiger partial charge is 0.480 e. The van der Waals surface area contributed by atoms with Crippen LogP contribution in [0.25, 0.3) is 10.8 Å². The number of aliphatic carboxylic acids is 1. The van der Waals surface area contributed by atoms with Crippen molar-refractivity contribution in [1.82, 2.24) is 4.72 Å². The molecule has 1 unspecified atom stereocenters. The monoisotopic (exact) mass is 402 g/mol. The second-order valence-corrected chi connectivity index (χ2v) is 8.96. The molecule has 0 aromatic heterocycles. The molecule has 2 rings (SSSR count). The molecule has 11 heteroatoms. The van der Waals surface area contributed by atoms with Gasteiger partial charge < -0.3 is 10.0 Å². The minimum absolute atomic E-state index is 0.194. The predicted octanol–water partition coefficient (Wildman–Crippen LogP) is 0.525. The number of nitrogens with one attached hydrogen (secondary N) is 1. The molecule has 3 N–H and O–H groups in total. The zero-order chi connectivity index (χ0) is 19.7. The van der Waals surface area contributed by atoms with E-state index in [1.165, 1.54) is 12.1 Å². The van der Waals surface area contributed by atoms with Crippen molar-refractivity contribution >= 4 is 42.6 Å². The van der Waals surface area contributed by atoms with E-state index in [2.05, 4.69) is 0 Å². The van der Waals surface area contributed by atoms with Gasteiger partial charge in [0.05, 0.1) is 4.90 Å². The standard InChI is InChI=1S/C15H18N2O7S2/c1-17(2)13-7-3-6-11-10(13)5-4-8-14(11)26(23,24)16-12(15(18)19)9-25(20,21)22/h3-8,12,16H,9H2,1-2H3,(H,18,19)(H,20,21,22). The van der Waals surface area contributed by atoms with Crippen molar-refractivity contribution in [2.24, 2.45) is 0 Å². The Morgan fingerprint density at radius 3 is 2.19 bits per heavy atom. The first-order chi connectivity index (χ1) is 11.9. The molecule has 0 amide bonds. The van der Waals surface area contributed by atoms with E-state index in [1.54, 1.807) is 43.3 Å². The Balaban J connectivity index is 2.56. The van der Waals surface area contributed by atoms with Gasteiger partial charge >= 0.3 is 5.97 Å². The topological polar surface area (TPSA) is 141 Å². The Kier molecular flexibility index (Phi) is 5.56. The van der Waals surface area contributed by atoms with Gasteiger partial charge in [-0.1, -0.05) is 24.3 Å². The van der Waals surface area contributed by atoms with Gasteiger partial charge in [0.2, 0.25) is 10.0 Å². The number of carbonyl (C=O) groups is 1. The van der Waals surface area contributed by atoms with Crippen LogP contribution >= 0.6 is 0 Å². The molecule has 0 spiro atoms. The van der Waals surface area contributed by atoms with Gasteiger partial charge in [-0.25, -0.2) is 8.42 Å². The minimum atomic E-state index is -4.70. The third kappa shape index (κ3) is 4.49. The van der Waals surface area contributed by atoms with Crippen molar-refractivity contribution in [3.63, 3.8) is 0 Å². The first kappa shape index (κ1) is 20.1. The quantitative estimate of drug-likeness (QED) is 0.569. The van der Waals surface area contributed by atoms with Gasteiger partial charge in [0, 0.05) is 30.6 Å². The lowest BCUT2D eigenvalue weighted by molar-refractivity contribution is -0.138. The van der Waals surface area contributed by atoms with Crippen molar-refractivity contribution in [2.45, 2.75) is 10.9 Å². The third-order valence-corrected chi connectivity index (χ3v) is 5.89.